The lowest BCUT2D eigenvalue weighted by molar-refractivity contribution is -0.129. The Bertz CT molecular complexity index is 1410. The Morgan fingerprint density at radius 2 is 1.64 bits per heavy atom. The van der Waals surface area contributed by atoms with Crippen molar-refractivity contribution in [3.05, 3.63) is 100 Å². The van der Waals surface area contributed by atoms with Gasteiger partial charge in [0.1, 0.15) is 24.7 Å². The van der Waals surface area contributed by atoms with E-state index in [4.69, 9.17) is 30.5 Å². The summed E-state index contributed by atoms with van der Waals surface area (Å²) < 4.78 is 23.0. The second kappa shape index (κ2) is 7.83. The van der Waals surface area contributed by atoms with E-state index in [-0.39, 0.29) is 11.6 Å². The van der Waals surface area contributed by atoms with Gasteiger partial charge in [-0.1, -0.05) is 35.9 Å². The highest BCUT2D eigenvalue weighted by atomic mass is 35.5. The van der Waals surface area contributed by atoms with Crippen LogP contribution in [0.1, 0.15) is 16.7 Å². The number of benzene rings is 3. The number of aliphatic imine (C=N–C) groups is 1. The highest BCUT2D eigenvalue weighted by Gasteiger charge is 2.31. The summed E-state index contributed by atoms with van der Waals surface area (Å²) in [4.78, 5) is 17.4. The second-order valence-corrected chi connectivity index (χ2v) is 7.98. The molecule has 33 heavy (non-hydrogen) atoms. The van der Waals surface area contributed by atoms with Crippen LogP contribution in [0.5, 0.6) is 17.2 Å². The van der Waals surface area contributed by atoms with E-state index in [9.17, 15) is 4.79 Å². The molecule has 6 nitrogen and oxygen atoms in total. The molecular formula is C26H16ClNO5. The van der Waals surface area contributed by atoms with E-state index in [0.29, 0.717) is 52.4 Å². The molecule has 3 aromatic rings. The monoisotopic (exact) mass is 457 g/mol. The maximum Gasteiger partial charge on any atom is 0.364 e. The number of halogens is 1. The predicted molar refractivity (Wildman–Crippen MR) is 123 cm³/mol. The van der Waals surface area contributed by atoms with Gasteiger partial charge in [-0.05, 0) is 48.5 Å². The van der Waals surface area contributed by atoms with E-state index in [2.05, 4.69) is 4.99 Å². The van der Waals surface area contributed by atoms with Crippen LogP contribution < -0.4 is 14.2 Å². The van der Waals surface area contributed by atoms with Crippen LogP contribution >= 0.6 is 11.6 Å². The third-order valence-corrected chi connectivity index (χ3v) is 5.66. The van der Waals surface area contributed by atoms with Gasteiger partial charge in [0.05, 0.1) is 0 Å². The zero-order valence-corrected chi connectivity index (χ0v) is 18.0. The minimum Gasteiger partial charge on any atom is -0.486 e. The topological polar surface area (TPSA) is 66.4 Å². The summed E-state index contributed by atoms with van der Waals surface area (Å²) in [5.74, 6) is 2.20. The second-order valence-electron chi connectivity index (χ2n) is 7.54. The molecule has 7 heteroatoms. The number of carbonyl (C=O) groups excluding carboxylic acids is 1. The van der Waals surface area contributed by atoms with Crippen molar-refractivity contribution < 1.29 is 23.7 Å². The van der Waals surface area contributed by atoms with Crippen molar-refractivity contribution in [1.29, 1.82) is 0 Å². The Hall–Kier alpha value is -4.03. The van der Waals surface area contributed by atoms with Crippen molar-refractivity contribution in [3.63, 3.8) is 0 Å². The van der Waals surface area contributed by atoms with Crippen molar-refractivity contribution in [2.75, 3.05) is 13.2 Å². The predicted octanol–water partition coefficient (Wildman–Crippen LogP) is 5.26. The molecule has 0 atom stereocenters. The number of hydrogen-bond acceptors (Lipinski definition) is 6. The zero-order valence-electron chi connectivity index (χ0n) is 17.2. The van der Waals surface area contributed by atoms with Crippen molar-refractivity contribution in [2.45, 2.75) is 0 Å². The van der Waals surface area contributed by atoms with Gasteiger partial charge in [-0.3, -0.25) is 0 Å². The van der Waals surface area contributed by atoms with Crippen molar-refractivity contribution >= 4 is 34.8 Å². The number of hydrogen-bond donors (Lipinski definition) is 0. The van der Waals surface area contributed by atoms with Gasteiger partial charge in [-0.2, -0.15) is 0 Å². The van der Waals surface area contributed by atoms with Gasteiger partial charge in [-0.25, -0.2) is 9.79 Å². The van der Waals surface area contributed by atoms with Crippen molar-refractivity contribution in [2.24, 2.45) is 4.99 Å². The molecule has 3 heterocycles. The third-order valence-electron chi connectivity index (χ3n) is 5.42. The van der Waals surface area contributed by atoms with Crippen molar-refractivity contribution in [3.8, 4) is 17.2 Å². The minimum absolute atomic E-state index is 0.204. The first kappa shape index (κ1) is 19.6. The molecule has 0 bridgehead atoms. The van der Waals surface area contributed by atoms with Gasteiger partial charge in [0.15, 0.2) is 17.2 Å². The summed E-state index contributed by atoms with van der Waals surface area (Å²) in [7, 11) is 0. The lowest BCUT2D eigenvalue weighted by Crippen LogP contribution is -2.15. The van der Waals surface area contributed by atoms with Crippen molar-refractivity contribution in [1.82, 2.24) is 0 Å². The van der Waals surface area contributed by atoms with Crippen LogP contribution in [-0.2, 0) is 9.53 Å². The SMILES string of the molecule is O=C1OC(c2cccc(Cl)c2)=NC1=C1C=C(c2ccc3c(c2)OCCO3)Oc2ccccc21. The normalized spacial score (nSPS) is 18.6. The van der Waals surface area contributed by atoms with Crippen LogP contribution in [0.2, 0.25) is 5.02 Å². The smallest absolute Gasteiger partial charge is 0.364 e. The van der Waals surface area contributed by atoms with Gasteiger partial charge < -0.3 is 18.9 Å². The standard InChI is InChI=1S/C26H16ClNO5/c27-17-5-3-4-16(12-17)25-28-24(26(29)33-25)19-14-22(32-20-7-2-1-6-18(19)20)15-8-9-21-23(13-15)31-11-10-30-21/h1-9,12-14H,10-11H2. The number of esters is 1. The molecule has 0 saturated heterocycles. The first-order valence-corrected chi connectivity index (χ1v) is 10.7. The Kier molecular flexibility index (Phi) is 4.66. The highest BCUT2D eigenvalue weighted by molar-refractivity contribution is 6.31. The molecular weight excluding hydrogens is 442 g/mol. The van der Waals surface area contributed by atoms with E-state index >= 15 is 0 Å². The first-order chi connectivity index (χ1) is 16.2. The summed E-state index contributed by atoms with van der Waals surface area (Å²) >= 11 is 6.10. The molecule has 0 amide bonds. The molecule has 0 spiro atoms. The third kappa shape index (κ3) is 3.54. The molecule has 0 aromatic heterocycles. The number of para-hydroxylation sites is 1. The highest BCUT2D eigenvalue weighted by Crippen LogP contribution is 2.41. The van der Waals surface area contributed by atoms with Crippen LogP contribution in [0.15, 0.2) is 83.5 Å². The average Bonchev–Trinajstić information content (AvgIpc) is 3.24. The molecule has 3 aliphatic heterocycles. The summed E-state index contributed by atoms with van der Waals surface area (Å²) in [5.41, 5.74) is 2.99. The summed E-state index contributed by atoms with van der Waals surface area (Å²) in [6, 6.07) is 20.1. The molecule has 0 saturated carbocycles. The lowest BCUT2D eigenvalue weighted by atomic mass is 9.97. The summed E-state index contributed by atoms with van der Waals surface area (Å²) in [5, 5.41) is 0.532. The molecule has 3 aliphatic rings. The van der Waals surface area contributed by atoms with Gasteiger partial charge >= 0.3 is 5.97 Å². The molecule has 0 radical (unpaired) electrons. The van der Waals surface area contributed by atoms with Gasteiger partial charge in [0.2, 0.25) is 5.90 Å². The fourth-order valence-corrected chi connectivity index (χ4v) is 4.08. The molecule has 0 unspecified atom stereocenters. The number of ether oxygens (including phenoxy) is 4. The number of nitrogens with zero attached hydrogens (tertiary/aromatic N) is 1. The number of cyclic esters (lactones) is 1. The maximum atomic E-state index is 12.9. The van der Waals surface area contributed by atoms with E-state index in [1.165, 1.54) is 0 Å². The van der Waals surface area contributed by atoms with Crippen LogP contribution in [-0.4, -0.2) is 25.1 Å². The van der Waals surface area contributed by atoms with Crippen LogP contribution in [0.4, 0.5) is 0 Å². The minimum atomic E-state index is -0.533. The van der Waals surface area contributed by atoms with Gasteiger partial charge in [0, 0.05) is 27.3 Å². The van der Waals surface area contributed by atoms with Crippen LogP contribution in [0.25, 0.3) is 11.3 Å². The fourth-order valence-electron chi connectivity index (χ4n) is 3.89. The zero-order chi connectivity index (χ0) is 22.4. The molecule has 0 N–H and O–H groups in total. The number of fused-ring (bicyclic) bond motifs is 2. The van der Waals surface area contributed by atoms with E-state index in [1.54, 1.807) is 30.3 Å². The molecule has 6 rings (SSSR count). The Balaban J connectivity index is 1.49. The Morgan fingerprint density at radius 1 is 0.788 bits per heavy atom. The first-order valence-electron chi connectivity index (χ1n) is 10.4. The van der Waals surface area contributed by atoms with E-state index in [1.807, 2.05) is 42.5 Å². The maximum absolute atomic E-state index is 12.9. The van der Waals surface area contributed by atoms with E-state index < -0.39 is 5.97 Å². The molecule has 0 aliphatic carbocycles. The molecule has 162 valence electrons. The lowest BCUT2D eigenvalue weighted by Gasteiger charge is -2.23. The summed E-state index contributed by atoms with van der Waals surface area (Å²) in [6.45, 7) is 1.01. The number of carbonyl (C=O) groups is 1. The molecule has 3 aromatic carbocycles. The van der Waals surface area contributed by atoms with E-state index in [0.717, 1.165) is 11.1 Å². The number of rotatable bonds is 2. The number of allylic oxidation sites excluding steroid dienone is 2. The van der Waals surface area contributed by atoms with Gasteiger partial charge in [0.25, 0.3) is 0 Å². The molecule has 0 fully saturated rings. The Morgan fingerprint density at radius 3 is 2.52 bits per heavy atom. The average molecular weight is 458 g/mol. The Labute approximate surface area is 194 Å². The van der Waals surface area contributed by atoms with Gasteiger partial charge in [-0.15, -0.1) is 0 Å². The largest absolute Gasteiger partial charge is 0.486 e. The fraction of sp³-hybridized carbons (Fsp3) is 0.0769. The summed E-state index contributed by atoms with van der Waals surface area (Å²) in [6.07, 6.45) is 1.80. The quantitative estimate of drug-likeness (QED) is 0.388. The van der Waals surface area contributed by atoms with Crippen LogP contribution in [0.3, 0.4) is 0 Å². The van der Waals surface area contributed by atoms with Crippen LogP contribution in [0, 0.1) is 0 Å².